The lowest BCUT2D eigenvalue weighted by atomic mass is 10.1. The van der Waals surface area contributed by atoms with Crippen molar-refractivity contribution < 1.29 is 9.59 Å². The van der Waals surface area contributed by atoms with Crippen molar-refractivity contribution in [1.29, 1.82) is 0 Å². The third kappa shape index (κ3) is 16.2. The fourth-order valence-corrected chi connectivity index (χ4v) is 4.92. The zero-order chi connectivity index (χ0) is 24.0. The van der Waals surface area contributed by atoms with Crippen LogP contribution in [0.15, 0.2) is 0 Å². The van der Waals surface area contributed by atoms with Gasteiger partial charge in [0.1, 0.15) is 0 Å². The number of hydrogen-bond acceptors (Lipinski definition) is 2. The van der Waals surface area contributed by atoms with Crippen molar-refractivity contribution in [2.24, 2.45) is 5.92 Å². The Balaban J connectivity index is 1.95. The largest absolute Gasteiger partial charge is 0.356 e. The molecule has 0 bridgehead atoms. The zero-order valence-electron chi connectivity index (χ0n) is 22.3. The maximum absolute atomic E-state index is 12.4. The average Bonchev–Trinajstić information content (AvgIpc) is 3.19. The van der Waals surface area contributed by atoms with Gasteiger partial charge in [-0.1, -0.05) is 129 Å². The first-order chi connectivity index (χ1) is 16.2. The Hall–Kier alpha value is -1.06. The molecule has 194 valence electrons. The van der Waals surface area contributed by atoms with Gasteiger partial charge < -0.3 is 10.2 Å². The summed E-state index contributed by atoms with van der Waals surface area (Å²) in [7, 11) is 0. The van der Waals surface area contributed by atoms with Crippen LogP contribution in [0.2, 0.25) is 0 Å². The zero-order valence-corrected chi connectivity index (χ0v) is 22.3. The van der Waals surface area contributed by atoms with Gasteiger partial charge in [-0.25, -0.2) is 0 Å². The molecule has 1 aliphatic heterocycles. The lowest BCUT2D eigenvalue weighted by Gasteiger charge is -2.16. The normalized spacial score (nSPS) is 16.0. The molecule has 0 saturated carbocycles. The molecule has 2 amide bonds. The summed E-state index contributed by atoms with van der Waals surface area (Å²) >= 11 is 0. The molecule has 1 rings (SSSR count). The van der Waals surface area contributed by atoms with Gasteiger partial charge in [-0.15, -0.1) is 0 Å². The molecule has 4 heteroatoms. The van der Waals surface area contributed by atoms with Crippen LogP contribution >= 0.6 is 0 Å². The minimum absolute atomic E-state index is 0.0878. The molecule has 0 aromatic heterocycles. The highest BCUT2D eigenvalue weighted by molar-refractivity contribution is 5.89. The predicted molar refractivity (Wildman–Crippen MR) is 141 cm³/mol. The van der Waals surface area contributed by atoms with E-state index in [0.717, 1.165) is 25.9 Å². The van der Waals surface area contributed by atoms with Crippen molar-refractivity contribution in [2.75, 3.05) is 19.6 Å². The summed E-state index contributed by atoms with van der Waals surface area (Å²) in [6, 6.07) is 0. The first-order valence-electron chi connectivity index (χ1n) is 14.7. The minimum Gasteiger partial charge on any atom is -0.356 e. The number of rotatable bonds is 23. The van der Waals surface area contributed by atoms with Crippen LogP contribution in [0.25, 0.3) is 0 Å². The van der Waals surface area contributed by atoms with E-state index >= 15 is 0 Å². The Kier molecular flexibility index (Phi) is 19.5. The predicted octanol–water partition coefficient (Wildman–Crippen LogP) is 7.79. The van der Waals surface area contributed by atoms with Crippen LogP contribution in [0.4, 0.5) is 0 Å². The Morgan fingerprint density at radius 3 is 1.61 bits per heavy atom. The number of unbranched alkanes of at least 4 members (excludes halogenated alkanes) is 18. The van der Waals surface area contributed by atoms with E-state index < -0.39 is 0 Å². The molecule has 1 aliphatic rings. The van der Waals surface area contributed by atoms with Gasteiger partial charge in [-0.05, 0) is 12.8 Å². The highest BCUT2D eigenvalue weighted by atomic mass is 16.2. The second-order valence-electron chi connectivity index (χ2n) is 10.4. The molecule has 0 aliphatic carbocycles. The quantitative estimate of drug-likeness (QED) is 0.157. The van der Waals surface area contributed by atoms with Crippen LogP contribution in [0.3, 0.4) is 0 Å². The molecule has 1 N–H and O–H groups in total. The number of carbonyl (C=O) groups is 2. The summed E-state index contributed by atoms with van der Waals surface area (Å²) in [5, 5.41) is 3.08. The molecule has 1 unspecified atom stereocenters. The molecule has 0 aromatic carbocycles. The van der Waals surface area contributed by atoms with Gasteiger partial charge in [-0.3, -0.25) is 9.59 Å². The molecule has 0 spiro atoms. The number of hydrogen-bond donors (Lipinski definition) is 1. The third-order valence-electron chi connectivity index (χ3n) is 7.20. The van der Waals surface area contributed by atoms with Gasteiger partial charge in [0.15, 0.2) is 0 Å². The minimum atomic E-state index is -0.135. The Morgan fingerprint density at radius 1 is 0.697 bits per heavy atom. The van der Waals surface area contributed by atoms with Crippen LogP contribution in [-0.4, -0.2) is 36.3 Å². The van der Waals surface area contributed by atoms with Gasteiger partial charge in [0, 0.05) is 26.1 Å². The van der Waals surface area contributed by atoms with Gasteiger partial charge in [0.05, 0.1) is 5.92 Å². The second kappa shape index (κ2) is 21.5. The number of carbonyl (C=O) groups excluding carboxylic acids is 2. The smallest absolute Gasteiger partial charge is 0.225 e. The van der Waals surface area contributed by atoms with Crippen molar-refractivity contribution in [3.63, 3.8) is 0 Å². The first-order valence-corrected chi connectivity index (χ1v) is 14.7. The van der Waals surface area contributed by atoms with Crippen LogP contribution < -0.4 is 5.32 Å². The van der Waals surface area contributed by atoms with E-state index in [9.17, 15) is 9.59 Å². The van der Waals surface area contributed by atoms with Crippen LogP contribution in [0.5, 0.6) is 0 Å². The number of nitrogens with one attached hydrogen (secondary N) is 1. The van der Waals surface area contributed by atoms with E-state index in [1.54, 1.807) is 0 Å². The number of amides is 2. The second-order valence-corrected chi connectivity index (χ2v) is 10.4. The van der Waals surface area contributed by atoms with Crippen molar-refractivity contribution in [3.05, 3.63) is 0 Å². The SMILES string of the molecule is CCCCCCCCCCCCNC(=O)C1CC(=O)N(CCCCCCCCCCCC)C1. The van der Waals surface area contributed by atoms with E-state index in [1.165, 1.54) is 116 Å². The molecule has 33 heavy (non-hydrogen) atoms. The Morgan fingerprint density at radius 2 is 1.12 bits per heavy atom. The summed E-state index contributed by atoms with van der Waals surface area (Å²) in [6.07, 6.45) is 26.6. The number of nitrogens with zero attached hydrogens (tertiary/aromatic N) is 1. The molecular formula is C29H56N2O2. The van der Waals surface area contributed by atoms with Crippen LogP contribution in [0, 0.1) is 5.92 Å². The molecule has 1 heterocycles. The third-order valence-corrected chi connectivity index (χ3v) is 7.20. The van der Waals surface area contributed by atoms with Gasteiger partial charge in [-0.2, -0.15) is 0 Å². The van der Waals surface area contributed by atoms with Gasteiger partial charge in [0.25, 0.3) is 0 Å². The summed E-state index contributed by atoms with van der Waals surface area (Å²) in [5.74, 6) is 0.124. The Bertz CT molecular complexity index is 480. The van der Waals surface area contributed by atoms with E-state index in [4.69, 9.17) is 0 Å². The van der Waals surface area contributed by atoms with E-state index in [1.807, 2.05) is 4.90 Å². The first kappa shape index (κ1) is 30.0. The highest BCUT2D eigenvalue weighted by Crippen LogP contribution is 2.19. The maximum Gasteiger partial charge on any atom is 0.225 e. The number of likely N-dealkylation sites (tertiary alicyclic amines) is 1. The van der Waals surface area contributed by atoms with Crippen molar-refractivity contribution >= 4 is 11.8 Å². The summed E-state index contributed by atoms with van der Waals surface area (Å²) in [6.45, 7) is 6.74. The summed E-state index contributed by atoms with van der Waals surface area (Å²) in [5.41, 5.74) is 0. The molecule has 1 fully saturated rings. The van der Waals surface area contributed by atoms with Crippen LogP contribution in [0.1, 0.15) is 149 Å². The maximum atomic E-state index is 12.4. The van der Waals surface area contributed by atoms with E-state index in [2.05, 4.69) is 19.2 Å². The summed E-state index contributed by atoms with van der Waals surface area (Å²) < 4.78 is 0. The van der Waals surface area contributed by atoms with Gasteiger partial charge in [0.2, 0.25) is 11.8 Å². The molecule has 0 radical (unpaired) electrons. The van der Waals surface area contributed by atoms with E-state index in [0.29, 0.717) is 13.0 Å². The Labute approximate surface area is 206 Å². The van der Waals surface area contributed by atoms with Crippen molar-refractivity contribution in [3.8, 4) is 0 Å². The average molecular weight is 465 g/mol. The monoisotopic (exact) mass is 464 g/mol. The fraction of sp³-hybridized carbons (Fsp3) is 0.931. The fourth-order valence-electron chi connectivity index (χ4n) is 4.92. The molecule has 4 nitrogen and oxygen atoms in total. The van der Waals surface area contributed by atoms with Crippen molar-refractivity contribution in [2.45, 2.75) is 149 Å². The molecular weight excluding hydrogens is 408 g/mol. The molecule has 1 saturated heterocycles. The molecule has 0 aromatic rings. The van der Waals surface area contributed by atoms with E-state index in [-0.39, 0.29) is 17.7 Å². The summed E-state index contributed by atoms with van der Waals surface area (Å²) in [4.78, 5) is 26.7. The topological polar surface area (TPSA) is 49.4 Å². The standard InChI is InChI=1S/C29H56N2O2/c1-3-5-7-9-11-13-15-17-19-21-23-30-29(33)27-25-28(32)31(26-27)24-22-20-18-16-14-12-10-8-6-4-2/h27H,3-26H2,1-2H3,(H,30,33). The van der Waals surface area contributed by atoms with Crippen molar-refractivity contribution in [1.82, 2.24) is 10.2 Å². The van der Waals surface area contributed by atoms with Gasteiger partial charge >= 0.3 is 0 Å². The van der Waals surface area contributed by atoms with Crippen LogP contribution in [-0.2, 0) is 9.59 Å². The highest BCUT2D eigenvalue weighted by Gasteiger charge is 2.33. The molecule has 1 atom stereocenters. The lowest BCUT2D eigenvalue weighted by molar-refractivity contribution is -0.129. The lowest BCUT2D eigenvalue weighted by Crippen LogP contribution is -2.33.